The number of nitrogens with one attached hydrogen (secondary N) is 1. The highest BCUT2D eigenvalue weighted by atomic mass is 16.5. The summed E-state index contributed by atoms with van der Waals surface area (Å²) in [6.07, 6.45) is 10.2. The van der Waals surface area contributed by atoms with Crippen LogP contribution in [-0.2, 0) is 28.7 Å². The summed E-state index contributed by atoms with van der Waals surface area (Å²) in [7, 11) is 0. The molecule has 10 heteroatoms. The monoisotopic (exact) mass is 579 g/mol. The van der Waals surface area contributed by atoms with Crippen molar-refractivity contribution >= 4 is 23.7 Å². The Bertz CT molecular complexity index is 1220. The van der Waals surface area contributed by atoms with Crippen molar-refractivity contribution in [3.05, 3.63) is 60.2 Å². The minimum Gasteiger partial charge on any atom is -0.463 e. The Balaban J connectivity index is 1.54. The molecule has 4 aliphatic heterocycles. The van der Waals surface area contributed by atoms with Gasteiger partial charge in [-0.1, -0.05) is 74.4 Å². The summed E-state index contributed by atoms with van der Waals surface area (Å²) in [5, 5.41) is 12.6. The summed E-state index contributed by atoms with van der Waals surface area (Å²) in [6, 6.07) is 7.68. The van der Waals surface area contributed by atoms with E-state index in [0.717, 1.165) is 24.8 Å². The van der Waals surface area contributed by atoms with Crippen LogP contribution in [0.25, 0.3) is 0 Å². The SMILES string of the molecule is CCCCCN1CC=C[C@]23O[C@@H]4/C=C\CCC(=O)OC[C@@H](c5ccccc5)NC(=O)[C@@H]4[C@H]2C(=O)N(CCCO)[C@@H]3C1=O. The number of unbranched alkanes of at least 4 members (excludes halogenated alkanes) is 2. The Kier molecular flexibility index (Phi) is 9.43. The topological polar surface area (TPSA) is 125 Å². The van der Waals surface area contributed by atoms with Crippen LogP contribution in [0, 0.1) is 11.8 Å². The summed E-state index contributed by atoms with van der Waals surface area (Å²) >= 11 is 0. The molecule has 4 heterocycles. The zero-order valence-corrected chi connectivity index (χ0v) is 24.2. The minimum absolute atomic E-state index is 0.0450. The van der Waals surface area contributed by atoms with Crippen LogP contribution in [-0.4, -0.2) is 89.2 Å². The van der Waals surface area contributed by atoms with Crippen LogP contribution in [0.4, 0.5) is 0 Å². The molecule has 226 valence electrons. The average molecular weight is 580 g/mol. The predicted octanol–water partition coefficient (Wildman–Crippen LogP) is 2.29. The summed E-state index contributed by atoms with van der Waals surface area (Å²) < 4.78 is 12.2. The number of carbonyl (C=O) groups is 4. The van der Waals surface area contributed by atoms with Crippen LogP contribution < -0.4 is 5.32 Å². The first kappa shape index (κ1) is 30.0. The van der Waals surface area contributed by atoms with Gasteiger partial charge in [-0.25, -0.2) is 0 Å². The van der Waals surface area contributed by atoms with Crippen molar-refractivity contribution < 1.29 is 33.8 Å². The molecule has 0 aliphatic carbocycles. The van der Waals surface area contributed by atoms with Crippen molar-refractivity contribution in [3.8, 4) is 0 Å². The summed E-state index contributed by atoms with van der Waals surface area (Å²) in [4.78, 5) is 58.2. The first-order chi connectivity index (χ1) is 20.4. The van der Waals surface area contributed by atoms with Crippen LogP contribution in [0.1, 0.15) is 57.1 Å². The number of cyclic esters (lactones) is 1. The Morgan fingerprint density at radius 3 is 2.60 bits per heavy atom. The van der Waals surface area contributed by atoms with Gasteiger partial charge < -0.3 is 29.7 Å². The molecule has 0 bridgehead atoms. The Morgan fingerprint density at radius 1 is 1.02 bits per heavy atom. The van der Waals surface area contributed by atoms with E-state index in [9.17, 15) is 24.3 Å². The molecule has 42 heavy (non-hydrogen) atoms. The number of amides is 3. The third-order valence-electron chi connectivity index (χ3n) is 8.74. The second-order valence-corrected chi connectivity index (χ2v) is 11.5. The lowest BCUT2D eigenvalue weighted by Gasteiger charge is -2.35. The molecule has 4 aliphatic rings. The molecule has 0 unspecified atom stereocenters. The number of rotatable bonds is 8. The Hall–Kier alpha value is -3.50. The highest BCUT2D eigenvalue weighted by Gasteiger charge is 2.71. The fourth-order valence-electron chi connectivity index (χ4n) is 6.72. The van der Waals surface area contributed by atoms with Crippen molar-refractivity contribution in [1.29, 1.82) is 0 Å². The highest BCUT2D eigenvalue weighted by molar-refractivity contribution is 5.99. The third kappa shape index (κ3) is 5.74. The first-order valence-corrected chi connectivity index (χ1v) is 15.1. The molecule has 0 saturated carbocycles. The Labute approximate surface area is 246 Å². The first-order valence-electron chi connectivity index (χ1n) is 15.1. The van der Waals surface area contributed by atoms with E-state index in [4.69, 9.17) is 9.47 Å². The van der Waals surface area contributed by atoms with Crippen molar-refractivity contribution in [2.24, 2.45) is 11.8 Å². The number of likely N-dealkylation sites (tertiary alicyclic amines) is 1. The molecule has 0 aromatic heterocycles. The number of allylic oxidation sites excluding steroid dienone is 1. The number of ether oxygens (including phenoxy) is 2. The number of hydrogen-bond acceptors (Lipinski definition) is 7. The van der Waals surface area contributed by atoms with E-state index in [1.54, 1.807) is 17.1 Å². The van der Waals surface area contributed by atoms with Crippen molar-refractivity contribution in [3.63, 3.8) is 0 Å². The average Bonchev–Trinajstić information content (AvgIpc) is 3.38. The lowest BCUT2D eigenvalue weighted by molar-refractivity contribution is -0.148. The quantitative estimate of drug-likeness (QED) is 0.275. The van der Waals surface area contributed by atoms with Gasteiger partial charge in [0.25, 0.3) is 0 Å². The predicted molar refractivity (Wildman–Crippen MR) is 154 cm³/mol. The molecule has 1 spiro atoms. The normalized spacial score (nSPS) is 32.2. The van der Waals surface area contributed by atoms with Gasteiger partial charge in [0.15, 0.2) is 0 Å². The van der Waals surface area contributed by atoms with Crippen LogP contribution in [0.3, 0.4) is 0 Å². The summed E-state index contributed by atoms with van der Waals surface area (Å²) in [5.74, 6) is -3.15. The van der Waals surface area contributed by atoms with E-state index in [1.165, 1.54) is 4.90 Å². The minimum atomic E-state index is -1.34. The van der Waals surface area contributed by atoms with E-state index < -0.39 is 41.5 Å². The number of carbonyl (C=O) groups excluding carboxylic acids is 4. The molecular formula is C32H41N3O7. The second-order valence-electron chi connectivity index (χ2n) is 11.5. The van der Waals surface area contributed by atoms with E-state index >= 15 is 0 Å². The zero-order chi connectivity index (χ0) is 29.7. The zero-order valence-electron chi connectivity index (χ0n) is 24.2. The van der Waals surface area contributed by atoms with Gasteiger partial charge in [0.2, 0.25) is 17.7 Å². The van der Waals surface area contributed by atoms with E-state index in [-0.39, 0.29) is 44.0 Å². The number of aliphatic hydroxyl groups is 1. The summed E-state index contributed by atoms with van der Waals surface area (Å²) in [6.45, 7) is 3.07. The maximum Gasteiger partial charge on any atom is 0.306 e. The molecule has 2 saturated heterocycles. The van der Waals surface area contributed by atoms with Gasteiger partial charge in [0.05, 0.1) is 24.0 Å². The fraction of sp³-hybridized carbons (Fsp3) is 0.562. The second kappa shape index (κ2) is 13.2. The van der Waals surface area contributed by atoms with Crippen LogP contribution in [0.15, 0.2) is 54.6 Å². The summed E-state index contributed by atoms with van der Waals surface area (Å²) in [5.41, 5.74) is -0.571. The van der Waals surface area contributed by atoms with Crippen molar-refractivity contribution in [1.82, 2.24) is 15.1 Å². The van der Waals surface area contributed by atoms with E-state index in [1.807, 2.05) is 42.5 Å². The van der Waals surface area contributed by atoms with E-state index in [2.05, 4.69) is 12.2 Å². The van der Waals surface area contributed by atoms with Gasteiger partial charge in [-0.05, 0) is 24.8 Å². The lowest BCUT2D eigenvalue weighted by atomic mass is 9.77. The molecule has 0 radical (unpaired) electrons. The number of nitrogens with zero attached hydrogens (tertiary/aromatic N) is 2. The third-order valence-corrected chi connectivity index (χ3v) is 8.74. The number of benzene rings is 1. The number of fused-ring (bicyclic) bond motifs is 2. The molecule has 2 N–H and O–H groups in total. The van der Waals surface area contributed by atoms with E-state index in [0.29, 0.717) is 25.9 Å². The van der Waals surface area contributed by atoms with Crippen molar-refractivity contribution in [2.45, 2.75) is 69.2 Å². The number of hydrogen-bond donors (Lipinski definition) is 2. The smallest absolute Gasteiger partial charge is 0.306 e. The van der Waals surface area contributed by atoms with Crippen LogP contribution in [0.5, 0.6) is 0 Å². The van der Waals surface area contributed by atoms with Crippen LogP contribution in [0.2, 0.25) is 0 Å². The maximum atomic E-state index is 14.2. The molecule has 3 amide bonds. The largest absolute Gasteiger partial charge is 0.463 e. The van der Waals surface area contributed by atoms with Gasteiger partial charge >= 0.3 is 5.97 Å². The molecule has 1 aromatic rings. The fourth-order valence-corrected chi connectivity index (χ4v) is 6.72. The van der Waals surface area contributed by atoms with Gasteiger partial charge in [-0.15, -0.1) is 0 Å². The molecule has 6 atom stereocenters. The molecule has 2 fully saturated rings. The number of aliphatic hydroxyl groups excluding tert-OH is 1. The highest BCUT2D eigenvalue weighted by Crippen LogP contribution is 2.53. The maximum absolute atomic E-state index is 14.2. The Morgan fingerprint density at radius 2 is 1.83 bits per heavy atom. The van der Waals surface area contributed by atoms with Gasteiger partial charge in [0.1, 0.15) is 18.2 Å². The van der Waals surface area contributed by atoms with Crippen LogP contribution >= 0.6 is 0 Å². The van der Waals surface area contributed by atoms with Gasteiger partial charge in [-0.3, -0.25) is 19.2 Å². The van der Waals surface area contributed by atoms with Gasteiger partial charge in [0, 0.05) is 32.7 Å². The lowest BCUT2D eigenvalue weighted by Crippen LogP contribution is -2.55. The molecular weight excluding hydrogens is 538 g/mol. The number of esters is 1. The standard InChI is InChI=1S/C32H41N3O7/c1-2-3-9-17-34-18-10-16-32-27(30(39)35(19-11-20-36)28(32)31(34)40)26-24(42-32)14-7-8-15-25(37)41-21-23(33-29(26)38)22-12-5-4-6-13-22/h4-7,10,12-14,16,23-24,26-28,36H,2-3,8-9,11,15,17-21H2,1H3,(H,33,38)/b14-7-/t23-,24+,26-,27-,28+,32-/m0/s1. The molecule has 10 nitrogen and oxygen atoms in total. The molecule has 5 rings (SSSR count). The van der Waals surface area contributed by atoms with Gasteiger partial charge in [-0.2, -0.15) is 0 Å². The van der Waals surface area contributed by atoms with Crippen molar-refractivity contribution in [2.75, 3.05) is 32.8 Å². The molecule has 1 aromatic carbocycles.